The number of nitrogens with one attached hydrogen (secondary N) is 1. The third-order valence-electron chi connectivity index (χ3n) is 2.87. The first-order chi connectivity index (χ1) is 7.13. The van der Waals surface area contributed by atoms with Gasteiger partial charge in [0, 0.05) is 31.7 Å². The fourth-order valence-electron chi connectivity index (χ4n) is 1.73. The fraction of sp³-hybridized carbons (Fsp3) is 1.00. The summed E-state index contributed by atoms with van der Waals surface area (Å²) < 4.78 is 5.67. The van der Waals surface area contributed by atoms with Crippen molar-refractivity contribution in [3.05, 3.63) is 0 Å². The van der Waals surface area contributed by atoms with Crippen LogP contribution in [0.5, 0.6) is 0 Å². The van der Waals surface area contributed by atoms with Gasteiger partial charge in [-0.1, -0.05) is 0 Å². The van der Waals surface area contributed by atoms with Gasteiger partial charge in [0.25, 0.3) is 0 Å². The van der Waals surface area contributed by atoms with Crippen molar-refractivity contribution in [1.29, 1.82) is 0 Å². The van der Waals surface area contributed by atoms with Crippen LogP contribution >= 0.6 is 0 Å². The maximum absolute atomic E-state index is 8.89. The van der Waals surface area contributed by atoms with E-state index in [1.165, 1.54) is 0 Å². The third kappa shape index (κ3) is 4.47. The molecule has 0 aromatic rings. The monoisotopic (exact) mass is 216 g/mol. The van der Waals surface area contributed by atoms with E-state index >= 15 is 0 Å². The molecule has 15 heavy (non-hydrogen) atoms. The Balaban J connectivity index is 2.24. The van der Waals surface area contributed by atoms with Gasteiger partial charge in [-0.2, -0.15) is 0 Å². The van der Waals surface area contributed by atoms with E-state index in [2.05, 4.69) is 24.1 Å². The van der Waals surface area contributed by atoms with Gasteiger partial charge >= 0.3 is 0 Å². The highest BCUT2D eigenvalue weighted by Gasteiger charge is 2.22. The maximum Gasteiger partial charge on any atom is 0.0826 e. The normalized spacial score (nSPS) is 25.8. The summed E-state index contributed by atoms with van der Waals surface area (Å²) in [5.41, 5.74) is 0. The number of hydrogen-bond acceptors (Lipinski definition) is 4. The molecular formula is C11H24N2O2. The van der Waals surface area contributed by atoms with Crippen LogP contribution in [-0.4, -0.2) is 61.0 Å². The third-order valence-corrected chi connectivity index (χ3v) is 2.87. The zero-order valence-corrected chi connectivity index (χ0v) is 10.1. The lowest BCUT2D eigenvalue weighted by Crippen LogP contribution is -2.50. The molecule has 0 amide bonds. The molecule has 4 nitrogen and oxygen atoms in total. The summed E-state index contributed by atoms with van der Waals surface area (Å²) in [7, 11) is 0. The van der Waals surface area contributed by atoms with Crippen LogP contribution in [0.3, 0.4) is 0 Å². The van der Waals surface area contributed by atoms with E-state index in [0.717, 1.165) is 26.2 Å². The Hall–Kier alpha value is -0.160. The van der Waals surface area contributed by atoms with E-state index < -0.39 is 0 Å². The van der Waals surface area contributed by atoms with Gasteiger partial charge in [0.05, 0.1) is 19.3 Å². The lowest BCUT2D eigenvalue weighted by atomic mass is 10.2. The molecule has 1 aliphatic rings. The molecule has 2 unspecified atom stereocenters. The van der Waals surface area contributed by atoms with Crippen molar-refractivity contribution in [2.24, 2.45) is 0 Å². The molecule has 1 aliphatic heterocycles. The van der Waals surface area contributed by atoms with Gasteiger partial charge in [-0.05, 0) is 20.8 Å². The average Bonchev–Trinajstić information content (AvgIpc) is 2.26. The van der Waals surface area contributed by atoms with Gasteiger partial charge in [0.2, 0.25) is 0 Å². The van der Waals surface area contributed by atoms with Gasteiger partial charge in [-0.3, -0.25) is 4.90 Å². The molecule has 90 valence electrons. The van der Waals surface area contributed by atoms with Crippen molar-refractivity contribution in [2.45, 2.75) is 39.0 Å². The molecule has 0 radical (unpaired) electrons. The molecule has 4 heteroatoms. The Labute approximate surface area is 92.6 Å². The van der Waals surface area contributed by atoms with Crippen molar-refractivity contribution < 1.29 is 9.84 Å². The first-order valence-corrected chi connectivity index (χ1v) is 5.83. The molecule has 0 aromatic heterocycles. The molecule has 1 saturated heterocycles. The Kier molecular flexibility index (Phi) is 5.53. The summed E-state index contributed by atoms with van der Waals surface area (Å²) in [6, 6.07) is 0.745. The second kappa shape index (κ2) is 6.43. The van der Waals surface area contributed by atoms with Crippen LogP contribution in [0.25, 0.3) is 0 Å². The quantitative estimate of drug-likeness (QED) is 0.682. The first-order valence-electron chi connectivity index (χ1n) is 5.83. The minimum atomic E-state index is 0.156. The number of morpholine rings is 1. The summed E-state index contributed by atoms with van der Waals surface area (Å²) >= 11 is 0. The van der Waals surface area contributed by atoms with E-state index in [9.17, 15) is 0 Å². The number of rotatable bonds is 5. The van der Waals surface area contributed by atoms with Crippen molar-refractivity contribution in [1.82, 2.24) is 10.2 Å². The SMILES string of the molecule is CC(CO)NCC1CN(C(C)C)CCO1. The Bertz CT molecular complexity index is 176. The van der Waals surface area contributed by atoms with Gasteiger partial charge < -0.3 is 15.2 Å². The van der Waals surface area contributed by atoms with Crippen molar-refractivity contribution in [3.63, 3.8) is 0 Å². The van der Waals surface area contributed by atoms with Crippen molar-refractivity contribution in [2.75, 3.05) is 32.8 Å². The molecule has 1 fully saturated rings. The van der Waals surface area contributed by atoms with Crippen LogP contribution in [0.15, 0.2) is 0 Å². The van der Waals surface area contributed by atoms with Gasteiger partial charge in [0.15, 0.2) is 0 Å². The van der Waals surface area contributed by atoms with Crippen molar-refractivity contribution in [3.8, 4) is 0 Å². The smallest absolute Gasteiger partial charge is 0.0826 e. The minimum absolute atomic E-state index is 0.156. The van der Waals surface area contributed by atoms with Crippen LogP contribution in [0.1, 0.15) is 20.8 Å². The second-order valence-electron chi connectivity index (χ2n) is 4.57. The molecular weight excluding hydrogens is 192 g/mol. The van der Waals surface area contributed by atoms with Crippen LogP contribution in [0.2, 0.25) is 0 Å². The molecule has 2 atom stereocenters. The Morgan fingerprint density at radius 1 is 1.47 bits per heavy atom. The zero-order valence-electron chi connectivity index (χ0n) is 10.1. The Morgan fingerprint density at radius 2 is 2.20 bits per heavy atom. The fourth-order valence-corrected chi connectivity index (χ4v) is 1.73. The van der Waals surface area contributed by atoms with E-state index in [1.54, 1.807) is 0 Å². The molecule has 0 saturated carbocycles. The van der Waals surface area contributed by atoms with Crippen molar-refractivity contribution >= 4 is 0 Å². The predicted molar refractivity (Wildman–Crippen MR) is 61.0 cm³/mol. The predicted octanol–water partition coefficient (Wildman–Crippen LogP) is 0.0660. The summed E-state index contributed by atoms with van der Waals surface area (Å²) in [5, 5.41) is 12.2. The average molecular weight is 216 g/mol. The van der Waals surface area contributed by atoms with E-state index in [0.29, 0.717) is 6.04 Å². The van der Waals surface area contributed by atoms with Gasteiger partial charge in [-0.25, -0.2) is 0 Å². The molecule has 2 N–H and O–H groups in total. The summed E-state index contributed by atoms with van der Waals surface area (Å²) in [6.07, 6.45) is 0.259. The molecule has 0 bridgehead atoms. The van der Waals surface area contributed by atoms with Crippen LogP contribution < -0.4 is 5.32 Å². The largest absolute Gasteiger partial charge is 0.395 e. The summed E-state index contributed by atoms with van der Waals surface area (Å²) in [5.74, 6) is 0. The van der Waals surface area contributed by atoms with E-state index in [4.69, 9.17) is 9.84 Å². The zero-order chi connectivity index (χ0) is 11.3. The first kappa shape index (κ1) is 12.9. The topological polar surface area (TPSA) is 44.7 Å². The molecule has 1 rings (SSSR count). The highest BCUT2D eigenvalue weighted by Crippen LogP contribution is 2.08. The lowest BCUT2D eigenvalue weighted by molar-refractivity contribution is -0.0384. The Morgan fingerprint density at radius 3 is 2.80 bits per heavy atom. The minimum Gasteiger partial charge on any atom is -0.395 e. The molecule has 1 heterocycles. The number of ether oxygens (including phenoxy) is 1. The molecule has 0 aliphatic carbocycles. The van der Waals surface area contributed by atoms with E-state index in [-0.39, 0.29) is 18.8 Å². The summed E-state index contributed by atoms with van der Waals surface area (Å²) in [6.45, 7) is 10.2. The highest BCUT2D eigenvalue weighted by molar-refractivity contribution is 4.76. The van der Waals surface area contributed by atoms with Crippen LogP contribution in [-0.2, 0) is 4.74 Å². The van der Waals surface area contributed by atoms with E-state index in [1.807, 2.05) is 6.92 Å². The van der Waals surface area contributed by atoms with Crippen LogP contribution in [0.4, 0.5) is 0 Å². The van der Waals surface area contributed by atoms with Gasteiger partial charge in [-0.15, -0.1) is 0 Å². The molecule has 0 spiro atoms. The molecule has 0 aromatic carbocycles. The number of aliphatic hydroxyl groups excluding tert-OH is 1. The highest BCUT2D eigenvalue weighted by atomic mass is 16.5. The maximum atomic E-state index is 8.89. The summed E-state index contributed by atoms with van der Waals surface area (Å²) in [4.78, 5) is 2.43. The number of aliphatic hydroxyl groups is 1. The number of hydrogen-bond donors (Lipinski definition) is 2. The number of nitrogens with zero attached hydrogens (tertiary/aromatic N) is 1. The lowest BCUT2D eigenvalue weighted by Gasteiger charge is -2.35. The second-order valence-corrected chi connectivity index (χ2v) is 4.57. The standard InChI is InChI=1S/C11H24N2O2/c1-9(2)13-4-5-15-11(7-13)6-12-10(3)8-14/h9-12,14H,4-8H2,1-3H3. The van der Waals surface area contributed by atoms with Gasteiger partial charge in [0.1, 0.15) is 0 Å². The van der Waals surface area contributed by atoms with Crippen LogP contribution in [0, 0.1) is 0 Å².